The van der Waals surface area contributed by atoms with Crippen molar-refractivity contribution in [2.75, 3.05) is 7.11 Å². The molecule has 0 aromatic carbocycles. The van der Waals surface area contributed by atoms with E-state index in [4.69, 9.17) is 13.6 Å². The Balaban J connectivity index is 5.84. The maximum absolute atomic E-state index is 7.06. The molecular formula is C19H47O3PSi3. The third-order valence-electron chi connectivity index (χ3n) is 7.47. The molecule has 0 amide bonds. The van der Waals surface area contributed by atoms with E-state index in [1.807, 2.05) is 0 Å². The molecule has 0 aromatic heterocycles. The minimum atomic E-state index is -2.08. The summed E-state index contributed by atoms with van der Waals surface area (Å²) in [4.78, 5) is 0. The highest BCUT2D eigenvalue weighted by molar-refractivity contribution is 7.19. The van der Waals surface area contributed by atoms with E-state index in [1.54, 1.807) is 7.11 Å². The SMILES string of the molecule is CCC(C)(O[Si](C)(C)C(C)(CC)[C@](C)(P)O[SiH](C)C(C)(C)OC)[SiH](C)C. The molecular weight excluding hydrogens is 391 g/mol. The second kappa shape index (κ2) is 9.19. The Hall–Kier alpha value is 0.961. The van der Waals surface area contributed by atoms with Crippen LogP contribution in [-0.4, -0.2) is 49.1 Å². The van der Waals surface area contributed by atoms with E-state index in [-0.39, 0.29) is 20.8 Å². The standard InChI is InChI=1S/C19H47O3PSi3/c1-14-17(5,19(7,23)21-25(11)16(3,4)20-8)26(12,13)22-18(6,15-2)24(9)10/h24-25H,14-15,23H2,1-13H3/t17?,18?,19-,25?/m0/s1. The molecule has 0 saturated carbocycles. The molecule has 0 saturated heterocycles. The maximum atomic E-state index is 7.06. The first-order valence-electron chi connectivity index (χ1n) is 10.2. The highest BCUT2D eigenvalue weighted by Gasteiger charge is 2.57. The summed E-state index contributed by atoms with van der Waals surface area (Å²) in [5.41, 5.74) is 0. The lowest BCUT2D eigenvalue weighted by Gasteiger charge is -2.56. The average Bonchev–Trinajstić information content (AvgIpc) is 2.52. The Morgan fingerprint density at radius 1 is 0.923 bits per heavy atom. The Morgan fingerprint density at radius 3 is 1.69 bits per heavy atom. The van der Waals surface area contributed by atoms with Crippen LogP contribution >= 0.6 is 9.24 Å². The second-order valence-electron chi connectivity index (χ2n) is 9.79. The van der Waals surface area contributed by atoms with E-state index in [0.29, 0.717) is 0 Å². The third-order valence-corrected chi connectivity index (χ3v) is 19.5. The molecule has 0 bridgehead atoms. The molecule has 0 fully saturated rings. The highest BCUT2D eigenvalue weighted by atomic mass is 31.0. The van der Waals surface area contributed by atoms with Gasteiger partial charge in [-0.3, -0.25) is 0 Å². The summed E-state index contributed by atoms with van der Waals surface area (Å²) >= 11 is 0. The van der Waals surface area contributed by atoms with Gasteiger partial charge in [-0.2, -0.15) is 0 Å². The Morgan fingerprint density at radius 2 is 1.38 bits per heavy atom. The molecule has 0 spiro atoms. The van der Waals surface area contributed by atoms with Gasteiger partial charge in [0.1, 0.15) is 0 Å². The van der Waals surface area contributed by atoms with Crippen LogP contribution in [-0.2, 0) is 13.6 Å². The fourth-order valence-electron chi connectivity index (χ4n) is 3.47. The molecule has 0 aliphatic heterocycles. The average molecular weight is 439 g/mol. The molecule has 0 N–H and O–H groups in total. The topological polar surface area (TPSA) is 27.7 Å². The fraction of sp³-hybridized carbons (Fsp3) is 1.00. The molecule has 5 atom stereocenters. The minimum Gasteiger partial charge on any atom is -0.415 e. The van der Waals surface area contributed by atoms with Gasteiger partial charge in [-0.1, -0.05) is 33.9 Å². The Kier molecular flexibility index (Phi) is 9.53. The smallest absolute Gasteiger partial charge is 0.206 e. The van der Waals surface area contributed by atoms with Crippen LogP contribution in [0.2, 0.25) is 37.8 Å². The van der Waals surface area contributed by atoms with Crippen molar-refractivity contribution in [1.82, 2.24) is 0 Å². The van der Waals surface area contributed by atoms with Crippen molar-refractivity contribution in [3.05, 3.63) is 0 Å². The second-order valence-corrected chi connectivity index (χ2v) is 21.7. The summed E-state index contributed by atoms with van der Waals surface area (Å²) < 4.78 is 19.6. The van der Waals surface area contributed by atoms with Gasteiger partial charge in [-0.15, -0.1) is 9.24 Å². The van der Waals surface area contributed by atoms with E-state index in [9.17, 15) is 0 Å². The van der Waals surface area contributed by atoms with Crippen LogP contribution in [0.5, 0.6) is 0 Å². The van der Waals surface area contributed by atoms with Crippen LogP contribution in [0.1, 0.15) is 61.3 Å². The maximum Gasteiger partial charge on any atom is 0.206 e. The van der Waals surface area contributed by atoms with Gasteiger partial charge in [0.2, 0.25) is 9.04 Å². The first-order valence-corrected chi connectivity index (χ1v) is 18.8. The van der Waals surface area contributed by atoms with Gasteiger partial charge in [0.05, 0.1) is 19.4 Å². The molecule has 0 aliphatic carbocycles. The lowest BCUT2D eigenvalue weighted by molar-refractivity contribution is 0.0379. The quantitative estimate of drug-likeness (QED) is 0.315. The van der Waals surface area contributed by atoms with Crippen molar-refractivity contribution >= 4 is 35.4 Å². The van der Waals surface area contributed by atoms with Crippen LogP contribution in [0.15, 0.2) is 0 Å². The summed E-state index contributed by atoms with van der Waals surface area (Å²) in [5, 5.41) is -0.495. The fourth-order valence-corrected chi connectivity index (χ4v) is 13.3. The summed E-state index contributed by atoms with van der Waals surface area (Å²) in [5.74, 6) is 0. The van der Waals surface area contributed by atoms with E-state index < -0.39 is 26.2 Å². The van der Waals surface area contributed by atoms with Gasteiger partial charge < -0.3 is 13.6 Å². The highest BCUT2D eigenvalue weighted by Crippen LogP contribution is 2.57. The Labute approximate surface area is 171 Å². The van der Waals surface area contributed by atoms with E-state index in [0.717, 1.165) is 12.8 Å². The molecule has 0 aliphatic rings. The molecule has 0 heterocycles. The van der Waals surface area contributed by atoms with Crippen molar-refractivity contribution in [3.63, 3.8) is 0 Å². The molecule has 26 heavy (non-hydrogen) atoms. The van der Waals surface area contributed by atoms with E-state index in [1.165, 1.54) is 0 Å². The van der Waals surface area contributed by atoms with Crippen molar-refractivity contribution in [3.8, 4) is 0 Å². The first-order chi connectivity index (χ1) is 11.5. The van der Waals surface area contributed by atoms with Crippen LogP contribution in [0.25, 0.3) is 0 Å². The Bertz CT molecular complexity index is 457. The zero-order valence-electron chi connectivity index (χ0n) is 19.9. The van der Waals surface area contributed by atoms with E-state index >= 15 is 0 Å². The van der Waals surface area contributed by atoms with Gasteiger partial charge in [0, 0.05) is 17.4 Å². The van der Waals surface area contributed by atoms with Crippen molar-refractivity contribution < 1.29 is 13.6 Å². The lowest BCUT2D eigenvalue weighted by atomic mass is 10.0. The first kappa shape index (κ1) is 27.0. The summed E-state index contributed by atoms with van der Waals surface area (Å²) in [6.07, 6.45) is 2.13. The van der Waals surface area contributed by atoms with Crippen molar-refractivity contribution in [2.45, 2.75) is 115 Å². The zero-order valence-corrected chi connectivity index (χ0v) is 24.3. The van der Waals surface area contributed by atoms with E-state index in [2.05, 4.69) is 90.4 Å². The zero-order chi connectivity index (χ0) is 21.2. The number of methoxy groups -OCH3 is 1. The van der Waals surface area contributed by atoms with Crippen molar-refractivity contribution in [2.24, 2.45) is 0 Å². The van der Waals surface area contributed by atoms with Crippen LogP contribution in [0, 0.1) is 0 Å². The van der Waals surface area contributed by atoms with Gasteiger partial charge in [0.15, 0.2) is 8.32 Å². The number of hydrogen-bond acceptors (Lipinski definition) is 3. The molecule has 7 heteroatoms. The largest absolute Gasteiger partial charge is 0.415 e. The van der Waals surface area contributed by atoms with Crippen LogP contribution in [0.3, 0.4) is 0 Å². The predicted molar refractivity (Wildman–Crippen MR) is 128 cm³/mol. The number of ether oxygens (including phenoxy) is 1. The molecule has 0 rings (SSSR count). The normalized spacial score (nSPS) is 21.8. The lowest BCUT2D eigenvalue weighted by Crippen LogP contribution is -2.61. The van der Waals surface area contributed by atoms with Crippen LogP contribution in [0.4, 0.5) is 0 Å². The summed E-state index contributed by atoms with van der Waals surface area (Å²) in [6, 6.07) is 0. The summed E-state index contributed by atoms with van der Waals surface area (Å²) in [7, 11) is 0.242. The molecule has 4 unspecified atom stereocenters. The van der Waals surface area contributed by atoms with Gasteiger partial charge >= 0.3 is 0 Å². The monoisotopic (exact) mass is 438 g/mol. The number of hydrogen-bond donors (Lipinski definition) is 0. The molecule has 3 nitrogen and oxygen atoms in total. The number of rotatable bonds is 11. The summed E-state index contributed by atoms with van der Waals surface area (Å²) in [6.45, 7) is 27.6. The molecule has 158 valence electrons. The van der Waals surface area contributed by atoms with Gasteiger partial charge in [-0.25, -0.2) is 0 Å². The van der Waals surface area contributed by atoms with Crippen molar-refractivity contribution in [1.29, 1.82) is 0 Å². The van der Waals surface area contributed by atoms with Crippen LogP contribution < -0.4 is 0 Å². The third kappa shape index (κ3) is 5.52. The molecule has 0 aromatic rings. The van der Waals surface area contributed by atoms with Gasteiger partial charge in [0.25, 0.3) is 0 Å². The molecule has 0 radical (unpaired) electrons. The predicted octanol–water partition coefficient (Wildman–Crippen LogP) is 5.50. The minimum absolute atomic E-state index is 0.0184. The van der Waals surface area contributed by atoms with Gasteiger partial charge in [-0.05, 0) is 60.2 Å².